The van der Waals surface area contributed by atoms with E-state index in [1.165, 1.54) is 34.1 Å². The normalized spacial score (nSPS) is 23.4. The quantitative estimate of drug-likeness (QED) is 0.297. The standard InChI is InChI=1S/C29H23N3O6/c1-17-7-5-8-18(2)24(17)31-27-23(25(33)21-9-3-4-10-22(21)38-27)29(28(31)35)15-6-16-30(29)26(34)19-11-13-20(14-12-19)32(36)37/h3-15,23,27H,16H2,1-2H3. The zero-order chi connectivity index (χ0) is 26.8. The first kappa shape index (κ1) is 23.6. The molecule has 38 heavy (non-hydrogen) atoms. The van der Waals surface area contributed by atoms with Crippen LogP contribution in [0.4, 0.5) is 11.4 Å². The second-order valence-corrected chi connectivity index (χ2v) is 9.71. The molecule has 1 fully saturated rings. The topological polar surface area (TPSA) is 110 Å². The first-order valence-electron chi connectivity index (χ1n) is 12.2. The molecule has 3 aliphatic heterocycles. The summed E-state index contributed by atoms with van der Waals surface area (Å²) in [7, 11) is 0. The van der Waals surface area contributed by atoms with Crippen molar-refractivity contribution in [2.75, 3.05) is 11.4 Å². The van der Waals surface area contributed by atoms with Crippen LogP contribution in [0.2, 0.25) is 0 Å². The minimum Gasteiger partial charge on any atom is -0.468 e. The van der Waals surface area contributed by atoms with E-state index in [0.29, 0.717) is 17.0 Å². The summed E-state index contributed by atoms with van der Waals surface area (Å²) >= 11 is 0. The predicted octanol–water partition coefficient (Wildman–Crippen LogP) is 4.23. The lowest BCUT2D eigenvalue weighted by molar-refractivity contribution is -0.384. The van der Waals surface area contributed by atoms with Crippen molar-refractivity contribution in [2.45, 2.75) is 25.6 Å². The maximum absolute atomic E-state index is 14.5. The van der Waals surface area contributed by atoms with Crippen molar-refractivity contribution >= 4 is 29.0 Å². The van der Waals surface area contributed by atoms with Crippen LogP contribution in [0.5, 0.6) is 5.75 Å². The second kappa shape index (κ2) is 8.37. The van der Waals surface area contributed by atoms with E-state index in [9.17, 15) is 24.5 Å². The molecule has 0 aliphatic carbocycles. The second-order valence-electron chi connectivity index (χ2n) is 9.71. The lowest BCUT2D eigenvalue weighted by Gasteiger charge is -2.38. The lowest BCUT2D eigenvalue weighted by Crippen LogP contribution is -2.58. The summed E-state index contributed by atoms with van der Waals surface area (Å²) in [6, 6.07) is 17.7. The molecule has 9 heteroatoms. The number of ether oxygens (including phenoxy) is 1. The number of carbonyl (C=O) groups is 3. The first-order chi connectivity index (χ1) is 18.3. The summed E-state index contributed by atoms with van der Waals surface area (Å²) in [4.78, 5) is 55.9. The van der Waals surface area contributed by atoms with E-state index in [1.54, 1.807) is 36.4 Å². The van der Waals surface area contributed by atoms with Gasteiger partial charge in [0.25, 0.3) is 17.5 Å². The molecule has 190 valence electrons. The number of hydrogen-bond donors (Lipinski definition) is 0. The van der Waals surface area contributed by atoms with Gasteiger partial charge in [-0.1, -0.05) is 42.5 Å². The van der Waals surface area contributed by atoms with Crippen molar-refractivity contribution in [3.63, 3.8) is 0 Å². The van der Waals surface area contributed by atoms with Gasteiger partial charge >= 0.3 is 0 Å². The van der Waals surface area contributed by atoms with E-state index in [1.807, 2.05) is 32.0 Å². The summed E-state index contributed by atoms with van der Waals surface area (Å²) in [5, 5.41) is 11.1. The smallest absolute Gasteiger partial charge is 0.269 e. The van der Waals surface area contributed by atoms with E-state index in [4.69, 9.17) is 4.74 Å². The van der Waals surface area contributed by atoms with Crippen molar-refractivity contribution in [1.82, 2.24) is 4.90 Å². The van der Waals surface area contributed by atoms with Gasteiger partial charge in [0.05, 0.1) is 16.2 Å². The van der Waals surface area contributed by atoms with Crippen LogP contribution in [0.3, 0.4) is 0 Å². The highest BCUT2D eigenvalue weighted by molar-refractivity contribution is 6.17. The van der Waals surface area contributed by atoms with Gasteiger partial charge in [-0.15, -0.1) is 0 Å². The Bertz CT molecular complexity index is 1540. The van der Waals surface area contributed by atoms with Crippen LogP contribution >= 0.6 is 0 Å². The Labute approximate surface area is 218 Å². The number of amides is 2. The van der Waals surface area contributed by atoms with Gasteiger partial charge in [0, 0.05) is 24.2 Å². The number of rotatable bonds is 3. The number of Topliss-reactive ketones (excluding diaryl/α,β-unsaturated/α-hetero) is 1. The molecule has 0 saturated carbocycles. The largest absolute Gasteiger partial charge is 0.468 e. The number of nitro groups is 1. The maximum atomic E-state index is 14.5. The summed E-state index contributed by atoms with van der Waals surface area (Å²) in [6.07, 6.45) is 2.37. The number of carbonyl (C=O) groups excluding carboxylic acids is 3. The van der Waals surface area contributed by atoms with Crippen LogP contribution in [-0.2, 0) is 4.79 Å². The molecular weight excluding hydrogens is 486 g/mol. The summed E-state index contributed by atoms with van der Waals surface area (Å²) in [5.41, 5.74) is 1.06. The first-order valence-corrected chi connectivity index (χ1v) is 12.2. The molecule has 0 radical (unpaired) electrons. The number of non-ortho nitro benzene ring substituents is 1. The number of anilines is 1. The molecule has 3 unspecified atom stereocenters. The average molecular weight is 510 g/mol. The van der Waals surface area contributed by atoms with Crippen LogP contribution in [0.25, 0.3) is 0 Å². The number of aryl methyl sites for hydroxylation is 2. The molecular formula is C29H23N3O6. The molecule has 6 rings (SSSR count). The van der Waals surface area contributed by atoms with Crippen LogP contribution < -0.4 is 9.64 Å². The fourth-order valence-corrected chi connectivity index (χ4v) is 5.91. The molecule has 3 aromatic rings. The van der Waals surface area contributed by atoms with Gasteiger partial charge < -0.3 is 9.64 Å². The Morgan fingerprint density at radius 2 is 1.68 bits per heavy atom. The van der Waals surface area contributed by atoms with E-state index < -0.39 is 34.4 Å². The number of nitrogens with zero attached hydrogens (tertiary/aromatic N) is 3. The summed E-state index contributed by atoms with van der Waals surface area (Å²) < 4.78 is 6.37. The number of fused-ring (bicyclic) bond motifs is 3. The highest BCUT2D eigenvalue weighted by Gasteiger charge is 2.69. The average Bonchev–Trinajstić information content (AvgIpc) is 3.45. The monoisotopic (exact) mass is 509 g/mol. The van der Waals surface area contributed by atoms with Gasteiger partial charge in [0.1, 0.15) is 11.7 Å². The van der Waals surface area contributed by atoms with Crippen molar-refractivity contribution in [3.05, 3.63) is 111 Å². The third kappa shape index (κ3) is 3.14. The van der Waals surface area contributed by atoms with E-state index in [-0.39, 0.29) is 23.6 Å². The third-order valence-electron chi connectivity index (χ3n) is 7.62. The molecule has 0 bridgehead atoms. The number of hydrogen-bond acceptors (Lipinski definition) is 6. The van der Waals surface area contributed by atoms with Crippen LogP contribution in [0.15, 0.2) is 78.9 Å². The molecule has 0 N–H and O–H groups in total. The van der Waals surface area contributed by atoms with E-state index >= 15 is 0 Å². The number of nitro benzene ring substituents is 1. The molecule has 3 atom stereocenters. The molecule has 0 aromatic heterocycles. The van der Waals surface area contributed by atoms with Gasteiger partial charge in [0.15, 0.2) is 17.6 Å². The Morgan fingerprint density at radius 1 is 1.00 bits per heavy atom. The van der Waals surface area contributed by atoms with Crippen LogP contribution in [-0.4, -0.2) is 45.7 Å². The SMILES string of the molecule is Cc1cccc(C)c1N1C(=O)C2(C=CCN2C(=O)c2ccc([N+](=O)[O-])cc2)C2C(=O)c3ccccc3OC21. The molecule has 3 aliphatic rings. The Balaban J connectivity index is 1.52. The van der Waals surface area contributed by atoms with Gasteiger partial charge in [-0.3, -0.25) is 29.4 Å². The van der Waals surface area contributed by atoms with Crippen molar-refractivity contribution in [3.8, 4) is 5.75 Å². The van der Waals surface area contributed by atoms with Gasteiger partial charge in [-0.25, -0.2) is 0 Å². The predicted molar refractivity (Wildman–Crippen MR) is 138 cm³/mol. The van der Waals surface area contributed by atoms with E-state index in [2.05, 4.69) is 0 Å². The molecule has 9 nitrogen and oxygen atoms in total. The maximum Gasteiger partial charge on any atom is 0.269 e. The molecule has 3 heterocycles. The highest BCUT2D eigenvalue weighted by Crippen LogP contribution is 2.51. The van der Waals surface area contributed by atoms with Gasteiger partial charge in [0.2, 0.25) is 0 Å². The van der Waals surface area contributed by atoms with Gasteiger partial charge in [-0.2, -0.15) is 0 Å². The Hall–Kier alpha value is -4.79. The van der Waals surface area contributed by atoms with Crippen LogP contribution in [0, 0.1) is 29.9 Å². The van der Waals surface area contributed by atoms with Crippen molar-refractivity contribution in [1.29, 1.82) is 0 Å². The number of ketones is 1. The van der Waals surface area contributed by atoms with Crippen molar-refractivity contribution < 1.29 is 24.0 Å². The lowest BCUT2D eigenvalue weighted by atomic mass is 9.78. The minimum absolute atomic E-state index is 0.0975. The molecule has 1 spiro atoms. The molecule has 2 amide bonds. The third-order valence-corrected chi connectivity index (χ3v) is 7.62. The molecule has 3 aromatic carbocycles. The zero-order valence-electron chi connectivity index (χ0n) is 20.7. The minimum atomic E-state index is -1.62. The summed E-state index contributed by atoms with van der Waals surface area (Å²) in [5.74, 6) is -1.87. The number of para-hydroxylation sites is 2. The Morgan fingerprint density at radius 3 is 2.37 bits per heavy atom. The fourth-order valence-electron chi connectivity index (χ4n) is 5.91. The van der Waals surface area contributed by atoms with Crippen molar-refractivity contribution in [2.24, 2.45) is 5.92 Å². The van der Waals surface area contributed by atoms with Crippen LogP contribution in [0.1, 0.15) is 31.8 Å². The van der Waals surface area contributed by atoms with Gasteiger partial charge in [-0.05, 0) is 49.2 Å². The Kier molecular flexibility index (Phi) is 5.20. The number of benzene rings is 3. The summed E-state index contributed by atoms with van der Waals surface area (Å²) in [6.45, 7) is 3.87. The fraction of sp³-hybridized carbons (Fsp3) is 0.207. The zero-order valence-corrected chi connectivity index (χ0v) is 20.7. The highest BCUT2D eigenvalue weighted by atomic mass is 16.6. The van der Waals surface area contributed by atoms with E-state index in [0.717, 1.165) is 11.1 Å². The molecule has 1 saturated heterocycles.